The minimum Gasteiger partial charge on any atom is -0.370 e. The number of hydrogen-bond donors (Lipinski definition) is 7. The van der Waals surface area contributed by atoms with Crippen molar-refractivity contribution < 1.29 is 0 Å². The van der Waals surface area contributed by atoms with E-state index in [0.717, 1.165) is 23.1 Å². The van der Waals surface area contributed by atoms with Crippen LogP contribution in [0.4, 0.5) is 0 Å². The Hall–Kier alpha value is -2.60. The second kappa shape index (κ2) is 30.2. The van der Waals surface area contributed by atoms with Gasteiger partial charge in [0.25, 0.3) is 5.96 Å². The van der Waals surface area contributed by atoms with Crippen LogP contribution in [0.5, 0.6) is 0 Å². The molecule has 0 bridgehead atoms. The lowest BCUT2D eigenvalue weighted by molar-refractivity contribution is 0.952. The smallest absolute Gasteiger partial charge is 0.259 e. The molecule has 19 heteroatoms. The zero-order chi connectivity index (χ0) is 35.8. The predicted octanol–water partition coefficient (Wildman–Crippen LogP) is 6.57. The van der Waals surface area contributed by atoms with E-state index in [2.05, 4.69) is 36.4 Å². The summed E-state index contributed by atoms with van der Waals surface area (Å²) < 4.78 is 0. The van der Waals surface area contributed by atoms with Gasteiger partial charge in [0, 0.05) is 20.1 Å². The number of benzene rings is 3. The number of hydrogen-bond acceptors (Lipinski definition) is 5. The van der Waals surface area contributed by atoms with E-state index in [4.69, 9.17) is 99.1 Å². The molecule has 11 nitrogen and oxygen atoms in total. The topological polar surface area (TPSA) is 196 Å². The fraction of sp³-hybridized carbons (Fsp3) is 0.267. The molecule has 0 fully saturated rings. The second-order valence-electron chi connectivity index (χ2n) is 8.78. The summed E-state index contributed by atoms with van der Waals surface area (Å²) in [6, 6.07) is 16.4. The highest BCUT2D eigenvalue weighted by Gasteiger charge is 2.01. The average molecular weight is 839 g/mol. The molecule has 12 N–H and O–H groups in total. The molecule has 0 saturated carbocycles. The van der Waals surface area contributed by atoms with Crippen LogP contribution in [0.2, 0.25) is 30.1 Å². The number of guanidine groups is 3. The maximum absolute atomic E-state index is 6.51. The molecule has 0 aliphatic carbocycles. The van der Waals surface area contributed by atoms with Gasteiger partial charge in [0.05, 0.1) is 30.1 Å². The van der Waals surface area contributed by atoms with Crippen molar-refractivity contribution in [3.05, 3.63) is 113 Å². The number of halogens is 8. The highest BCUT2D eigenvalue weighted by Crippen LogP contribution is 2.24. The molecule has 0 radical (unpaired) electrons. The van der Waals surface area contributed by atoms with Crippen molar-refractivity contribution in [1.82, 2.24) is 10.7 Å². The van der Waals surface area contributed by atoms with E-state index >= 15 is 0 Å². The molecule has 272 valence electrons. The van der Waals surface area contributed by atoms with E-state index in [0.29, 0.717) is 62.6 Å². The summed E-state index contributed by atoms with van der Waals surface area (Å²) >= 11 is 34.9. The summed E-state index contributed by atoms with van der Waals surface area (Å²) in [6.45, 7) is 8.16. The molecule has 0 saturated heterocycles. The van der Waals surface area contributed by atoms with Gasteiger partial charge in [-0.25, -0.2) is 4.99 Å². The first kappa shape index (κ1) is 50.8. The van der Waals surface area contributed by atoms with Gasteiger partial charge in [-0.15, -0.1) is 24.8 Å². The van der Waals surface area contributed by atoms with Gasteiger partial charge in [-0.2, -0.15) is 11.5 Å². The van der Waals surface area contributed by atoms with Gasteiger partial charge >= 0.3 is 0 Å². The maximum atomic E-state index is 6.51. The lowest BCUT2D eigenvalue weighted by atomic mass is 10.1. The Balaban J connectivity index is -0.000000633. The molecular formula is C30H41Cl8N11. The van der Waals surface area contributed by atoms with Crippen molar-refractivity contribution in [2.45, 2.75) is 19.3 Å². The van der Waals surface area contributed by atoms with Crippen LogP contribution in [0.25, 0.3) is 4.95 Å². The number of nitrogens with zero attached hydrogens (tertiary/aromatic N) is 4. The number of nitrogens with two attached hydrogens (primary N) is 5. The molecule has 0 amide bonds. The largest absolute Gasteiger partial charge is 0.370 e. The molecule has 0 atom stereocenters. The summed E-state index contributed by atoms with van der Waals surface area (Å²) in [6.07, 6.45) is 2.25. The molecule has 0 aliphatic rings. The molecule has 0 aromatic heterocycles. The second-order valence-corrected chi connectivity index (χ2v) is 11.2. The number of nitrogens with one attached hydrogen (secondary N) is 2. The van der Waals surface area contributed by atoms with Crippen LogP contribution in [0.3, 0.4) is 0 Å². The van der Waals surface area contributed by atoms with Gasteiger partial charge in [-0.05, 0) is 85.9 Å². The van der Waals surface area contributed by atoms with Gasteiger partial charge in [0.2, 0.25) is 0 Å². The fourth-order valence-electron chi connectivity index (χ4n) is 3.18. The minimum atomic E-state index is 0. The standard InChI is InChI=1S/C11H15Cl2N5.C10H10Cl2N4.C8H9Cl2N.CH5N.2ClH/c1-16-10(14)18-11(15)17-5-4-7-2-3-8(12)9(13)6-7;1-14-16-10(13)15-5-4-7-2-3-8(11)9(12)6-7;9-7-2-1-6(3-4-11)5-8(7)10;1-2;;/h2-3,6H,4-5H2,1H3,(H5,14,15,16,17,18);2-3,6H,4-5H2,(H3,13,15,16);1-2,5H,3-4,11H2;2H2,1H3;2*1H. The predicted molar refractivity (Wildman–Crippen MR) is 218 cm³/mol. The molecule has 3 rings (SSSR count). The van der Waals surface area contributed by atoms with Crippen molar-refractivity contribution in [2.24, 2.45) is 43.6 Å². The van der Waals surface area contributed by atoms with Crippen molar-refractivity contribution in [1.29, 1.82) is 0 Å². The van der Waals surface area contributed by atoms with Crippen molar-refractivity contribution in [3.63, 3.8) is 0 Å². The Morgan fingerprint density at radius 1 is 0.633 bits per heavy atom. The van der Waals surface area contributed by atoms with E-state index in [-0.39, 0.29) is 42.7 Å². The lowest BCUT2D eigenvalue weighted by Gasteiger charge is -2.04. The van der Waals surface area contributed by atoms with Gasteiger partial charge in [-0.3, -0.25) is 15.3 Å². The molecule has 0 aliphatic heterocycles. The molecule has 0 spiro atoms. The zero-order valence-corrected chi connectivity index (χ0v) is 32.9. The summed E-state index contributed by atoms with van der Waals surface area (Å²) in [7, 11) is 3.06. The quantitative estimate of drug-likeness (QED) is 0.0577. The third-order valence-corrected chi connectivity index (χ3v) is 7.63. The molecule has 49 heavy (non-hydrogen) atoms. The van der Waals surface area contributed by atoms with E-state index in [1.165, 1.54) is 7.05 Å². The van der Waals surface area contributed by atoms with E-state index in [1.807, 2.05) is 30.3 Å². The van der Waals surface area contributed by atoms with Crippen LogP contribution in [0, 0.1) is 6.57 Å². The Morgan fingerprint density at radius 2 is 1.00 bits per heavy atom. The van der Waals surface area contributed by atoms with Gasteiger partial charge in [0.1, 0.15) is 0 Å². The van der Waals surface area contributed by atoms with E-state index in [9.17, 15) is 0 Å². The van der Waals surface area contributed by atoms with Crippen LogP contribution in [-0.2, 0) is 19.3 Å². The van der Waals surface area contributed by atoms with Crippen molar-refractivity contribution in [2.75, 3.05) is 33.7 Å². The highest BCUT2D eigenvalue weighted by atomic mass is 35.5. The van der Waals surface area contributed by atoms with E-state index < -0.39 is 0 Å². The van der Waals surface area contributed by atoms with Crippen molar-refractivity contribution in [3.8, 4) is 0 Å². The SMILES string of the molecule is CN.CN=C(N)NC(N)=NCCc1ccc(Cl)c(Cl)c1.Cl.Cl.NCCc1ccc(Cl)c(Cl)c1.[C-]#[N+]NC(N)=NCCc1ccc(Cl)c(Cl)c1. The zero-order valence-electron chi connectivity index (χ0n) is 26.7. The number of rotatable bonds is 8. The van der Waals surface area contributed by atoms with E-state index in [1.54, 1.807) is 31.3 Å². The van der Waals surface area contributed by atoms with Crippen LogP contribution < -0.4 is 39.4 Å². The number of aliphatic imine (C=N–C) groups is 3. The molecular weight excluding hydrogens is 798 g/mol. The summed E-state index contributed by atoms with van der Waals surface area (Å²) in [5.41, 5.74) is 31.7. The van der Waals surface area contributed by atoms with Gasteiger partial charge < -0.3 is 28.7 Å². The first-order chi connectivity index (χ1) is 22.4. The average Bonchev–Trinajstić information content (AvgIpc) is 3.04. The Labute approximate surface area is 330 Å². The monoisotopic (exact) mass is 835 g/mol. The maximum Gasteiger partial charge on any atom is 0.259 e. The Kier molecular flexibility index (Phi) is 31.3. The summed E-state index contributed by atoms with van der Waals surface area (Å²) in [5.74, 6) is 0.582. The van der Waals surface area contributed by atoms with Crippen LogP contribution in [-0.4, -0.2) is 51.6 Å². The molecule has 3 aromatic carbocycles. The fourth-order valence-corrected chi connectivity index (χ4v) is 4.14. The highest BCUT2D eigenvalue weighted by molar-refractivity contribution is 6.43. The summed E-state index contributed by atoms with van der Waals surface area (Å²) in [5, 5.41) is 5.96. The summed E-state index contributed by atoms with van der Waals surface area (Å²) in [4.78, 5) is 14.7. The minimum absolute atomic E-state index is 0. The normalized spacial score (nSPS) is 10.6. The van der Waals surface area contributed by atoms with Crippen LogP contribution in [0.15, 0.2) is 69.6 Å². The lowest BCUT2D eigenvalue weighted by Crippen LogP contribution is -2.41. The first-order valence-electron chi connectivity index (χ1n) is 13.7. The molecule has 0 heterocycles. The first-order valence-corrected chi connectivity index (χ1v) is 16.0. The van der Waals surface area contributed by atoms with Crippen LogP contribution in [0.1, 0.15) is 16.7 Å². The van der Waals surface area contributed by atoms with Gasteiger partial charge in [-0.1, -0.05) is 93.2 Å². The van der Waals surface area contributed by atoms with Gasteiger partial charge in [0.15, 0.2) is 11.9 Å². The van der Waals surface area contributed by atoms with Crippen LogP contribution >= 0.6 is 94.4 Å². The third kappa shape index (κ3) is 23.4. The third-order valence-electron chi connectivity index (χ3n) is 5.42. The Morgan fingerprint density at radius 3 is 1.33 bits per heavy atom. The molecule has 3 aromatic rings. The molecule has 0 unspecified atom stereocenters. The Bertz CT molecular complexity index is 1510. The van der Waals surface area contributed by atoms with Crippen molar-refractivity contribution >= 4 is 112 Å².